The highest BCUT2D eigenvalue weighted by atomic mass is 16.2. The Hall–Kier alpha value is -2.30. The normalized spacial score (nSPS) is 27.7. The molecule has 0 radical (unpaired) electrons. The molecule has 3 fully saturated rings. The van der Waals surface area contributed by atoms with Gasteiger partial charge in [0.1, 0.15) is 0 Å². The summed E-state index contributed by atoms with van der Waals surface area (Å²) in [5.74, 6) is 0.335. The van der Waals surface area contributed by atoms with Crippen molar-refractivity contribution in [2.24, 2.45) is 5.41 Å². The summed E-state index contributed by atoms with van der Waals surface area (Å²) in [4.78, 5) is 32.9. The topological polar surface area (TPSA) is 43.9 Å². The van der Waals surface area contributed by atoms with E-state index in [0.29, 0.717) is 25.0 Å². The third-order valence-corrected chi connectivity index (χ3v) is 8.03. The highest BCUT2D eigenvalue weighted by Gasteiger charge is 2.51. The number of urea groups is 1. The minimum atomic E-state index is -0.327. The molecule has 1 spiro atoms. The number of benzene rings is 1. The zero-order valence-corrected chi connectivity index (χ0v) is 18.6. The van der Waals surface area contributed by atoms with Crippen LogP contribution in [0.5, 0.6) is 0 Å². The fraction of sp³-hybridized carbons (Fsp3) is 0.615. The molecule has 1 saturated carbocycles. The minimum Gasteiger partial charge on any atom is -0.339 e. The van der Waals surface area contributed by atoms with Crippen LogP contribution in [0.2, 0.25) is 0 Å². The highest BCUT2D eigenvalue weighted by molar-refractivity contribution is 5.87. The Kier molecular flexibility index (Phi) is 5.77. The summed E-state index contributed by atoms with van der Waals surface area (Å²) in [6, 6.07) is 11.0. The number of piperidine rings is 1. The van der Waals surface area contributed by atoms with E-state index >= 15 is 0 Å². The maximum atomic E-state index is 13.5. The first-order valence-electron chi connectivity index (χ1n) is 12.3. The molecule has 166 valence electrons. The molecule has 5 nitrogen and oxygen atoms in total. The van der Waals surface area contributed by atoms with E-state index in [1.165, 1.54) is 30.4 Å². The second kappa shape index (κ2) is 8.68. The maximum Gasteiger partial charge on any atom is 0.320 e. The summed E-state index contributed by atoms with van der Waals surface area (Å²) in [6.45, 7) is 3.70. The molecule has 1 unspecified atom stereocenters. The van der Waals surface area contributed by atoms with Gasteiger partial charge in [-0.2, -0.15) is 0 Å². The fourth-order valence-electron chi connectivity index (χ4n) is 6.22. The molecule has 3 heterocycles. The standard InChI is InChI=1S/C26H35N3O2/c30-24-26(15-19-29(24)23-10-5-2-6-11-23)14-7-16-28(20-26)25(31)27-17-12-22(13-18-27)21-8-3-1-4-9-21/h1,3-4,8-9,12,23H,2,5-7,10-11,13-20H2. The molecule has 0 aromatic heterocycles. The number of carbonyl (C=O) groups excluding carboxylic acids is 2. The number of rotatable bonds is 2. The molecular weight excluding hydrogens is 386 g/mol. The zero-order chi connectivity index (χ0) is 21.3. The smallest absolute Gasteiger partial charge is 0.320 e. The van der Waals surface area contributed by atoms with E-state index in [2.05, 4.69) is 35.2 Å². The third kappa shape index (κ3) is 3.99. The van der Waals surface area contributed by atoms with Crippen molar-refractivity contribution in [3.05, 3.63) is 42.0 Å². The van der Waals surface area contributed by atoms with Gasteiger partial charge in [-0.1, -0.05) is 55.7 Å². The van der Waals surface area contributed by atoms with E-state index in [-0.39, 0.29) is 11.4 Å². The first kappa shape index (κ1) is 20.6. The number of amides is 3. The highest BCUT2D eigenvalue weighted by Crippen LogP contribution is 2.42. The average Bonchev–Trinajstić information content (AvgIpc) is 3.15. The number of nitrogens with zero attached hydrogens (tertiary/aromatic N) is 3. The van der Waals surface area contributed by atoms with Crippen molar-refractivity contribution >= 4 is 17.5 Å². The maximum absolute atomic E-state index is 13.5. The van der Waals surface area contributed by atoms with Crippen LogP contribution >= 0.6 is 0 Å². The lowest BCUT2D eigenvalue weighted by atomic mass is 9.78. The predicted molar refractivity (Wildman–Crippen MR) is 122 cm³/mol. The molecule has 1 aromatic carbocycles. The van der Waals surface area contributed by atoms with Gasteiger partial charge in [0.15, 0.2) is 0 Å². The van der Waals surface area contributed by atoms with Crippen LogP contribution in [0.3, 0.4) is 0 Å². The Morgan fingerprint density at radius 2 is 1.71 bits per heavy atom. The molecule has 1 atom stereocenters. The van der Waals surface area contributed by atoms with E-state index in [1.807, 2.05) is 15.9 Å². The van der Waals surface area contributed by atoms with Gasteiger partial charge in [0.2, 0.25) is 5.91 Å². The Bertz CT molecular complexity index is 845. The minimum absolute atomic E-state index is 0.117. The van der Waals surface area contributed by atoms with Gasteiger partial charge < -0.3 is 14.7 Å². The van der Waals surface area contributed by atoms with Crippen molar-refractivity contribution in [2.75, 3.05) is 32.7 Å². The lowest BCUT2D eigenvalue weighted by molar-refractivity contribution is -0.140. The van der Waals surface area contributed by atoms with Crippen LogP contribution in [-0.2, 0) is 4.79 Å². The van der Waals surface area contributed by atoms with Gasteiger partial charge in [-0.15, -0.1) is 0 Å². The van der Waals surface area contributed by atoms with Gasteiger partial charge in [-0.05, 0) is 49.7 Å². The summed E-state index contributed by atoms with van der Waals surface area (Å²) in [5.41, 5.74) is 2.26. The fourth-order valence-corrected chi connectivity index (χ4v) is 6.22. The van der Waals surface area contributed by atoms with Gasteiger partial charge in [-0.25, -0.2) is 4.79 Å². The molecule has 4 aliphatic rings. The molecular formula is C26H35N3O2. The number of hydrogen-bond acceptors (Lipinski definition) is 2. The molecule has 1 aliphatic carbocycles. The van der Waals surface area contributed by atoms with E-state index in [4.69, 9.17) is 0 Å². The van der Waals surface area contributed by atoms with Crippen molar-refractivity contribution < 1.29 is 9.59 Å². The summed E-state index contributed by atoms with van der Waals surface area (Å²) >= 11 is 0. The molecule has 3 amide bonds. The number of hydrogen-bond donors (Lipinski definition) is 0. The van der Waals surface area contributed by atoms with Crippen LogP contribution in [0.1, 0.15) is 63.4 Å². The van der Waals surface area contributed by atoms with Gasteiger partial charge >= 0.3 is 6.03 Å². The van der Waals surface area contributed by atoms with Crippen LogP contribution < -0.4 is 0 Å². The predicted octanol–water partition coefficient (Wildman–Crippen LogP) is 4.54. The number of carbonyl (C=O) groups is 2. The van der Waals surface area contributed by atoms with E-state index in [0.717, 1.165) is 58.2 Å². The Morgan fingerprint density at radius 3 is 2.45 bits per heavy atom. The van der Waals surface area contributed by atoms with E-state index in [1.54, 1.807) is 0 Å². The molecule has 0 N–H and O–H groups in total. The molecule has 5 heteroatoms. The van der Waals surface area contributed by atoms with Crippen molar-refractivity contribution in [1.82, 2.24) is 14.7 Å². The summed E-state index contributed by atoms with van der Waals surface area (Å²) in [7, 11) is 0. The third-order valence-electron chi connectivity index (χ3n) is 8.03. The quantitative estimate of drug-likeness (QED) is 0.704. The Morgan fingerprint density at radius 1 is 0.903 bits per heavy atom. The lowest BCUT2D eigenvalue weighted by Crippen LogP contribution is -2.54. The zero-order valence-electron chi connectivity index (χ0n) is 18.6. The van der Waals surface area contributed by atoms with Crippen molar-refractivity contribution in [3.63, 3.8) is 0 Å². The van der Waals surface area contributed by atoms with Crippen LogP contribution in [-0.4, -0.2) is 65.4 Å². The Labute approximate surface area is 186 Å². The lowest BCUT2D eigenvalue weighted by Gasteiger charge is -2.42. The first-order chi connectivity index (χ1) is 15.2. The summed E-state index contributed by atoms with van der Waals surface area (Å²) in [5, 5.41) is 0. The van der Waals surface area contributed by atoms with Crippen LogP contribution in [0.4, 0.5) is 4.79 Å². The Balaban J connectivity index is 1.23. The van der Waals surface area contributed by atoms with Crippen LogP contribution in [0.15, 0.2) is 36.4 Å². The van der Waals surface area contributed by atoms with E-state index < -0.39 is 0 Å². The SMILES string of the molecule is O=C(N1CC=C(c2ccccc2)CC1)N1CCCC2(CCN(C3CCCCC3)C2=O)C1. The van der Waals surface area contributed by atoms with Gasteiger partial charge in [0, 0.05) is 38.8 Å². The monoisotopic (exact) mass is 421 g/mol. The van der Waals surface area contributed by atoms with Crippen molar-refractivity contribution in [3.8, 4) is 0 Å². The molecule has 2 saturated heterocycles. The molecule has 31 heavy (non-hydrogen) atoms. The molecule has 1 aromatic rings. The van der Waals surface area contributed by atoms with Crippen LogP contribution in [0.25, 0.3) is 5.57 Å². The van der Waals surface area contributed by atoms with Gasteiger partial charge in [-0.3, -0.25) is 4.79 Å². The largest absolute Gasteiger partial charge is 0.339 e. The number of likely N-dealkylation sites (tertiary alicyclic amines) is 2. The second-order valence-electron chi connectivity index (χ2n) is 9.92. The van der Waals surface area contributed by atoms with Gasteiger partial charge in [0.05, 0.1) is 5.41 Å². The van der Waals surface area contributed by atoms with E-state index in [9.17, 15) is 9.59 Å². The second-order valence-corrected chi connectivity index (χ2v) is 9.92. The summed E-state index contributed by atoms with van der Waals surface area (Å²) in [6.07, 6.45) is 12.0. The molecule has 5 rings (SSSR count). The summed E-state index contributed by atoms with van der Waals surface area (Å²) < 4.78 is 0. The van der Waals surface area contributed by atoms with Gasteiger partial charge in [0.25, 0.3) is 0 Å². The molecule has 0 bridgehead atoms. The van der Waals surface area contributed by atoms with Crippen LogP contribution in [0, 0.1) is 5.41 Å². The van der Waals surface area contributed by atoms with Crippen molar-refractivity contribution in [1.29, 1.82) is 0 Å². The first-order valence-corrected chi connectivity index (χ1v) is 12.3. The molecule has 3 aliphatic heterocycles. The van der Waals surface area contributed by atoms with Crippen molar-refractivity contribution in [2.45, 2.75) is 63.8 Å². The average molecular weight is 422 g/mol.